The van der Waals surface area contributed by atoms with Crippen LogP contribution in [-0.2, 0) is 4.74 Å². The van der Waals surface area contributed by atoms with E-state index < -0.39 is 0 Å². The van der Waals surface area contributed by atoms with Crippen molar-refractivity contribution in [3.8, 4) is 0 Å². The Morgan fingerprint density at radius 2 is 1.29 bits per heavy atom. The van der Waals surface area contributed by atoms with Crippen molar-refractivity contribution in [2.75, 3.05) is 19.6 Å². The molecule has 0 aliphatic carbocycles. The molecule has 2 heteroatoms. The third-order valence-electron chi connectivity index (χ3n) is 4.50. The molecule has 0 radical (unpaired) electrons. The van der Waals surface area contributed by atoms with Crippen LogP contribution in [0.15, 0.2) is 0 Å². The van der Waals surface area contributed by atoms with E-state index in [-0.39, 0.29) is 0 Å². The molecule has 1 aliphatic rings. The number of hydrogen-bond acceptors (Lipinski definition) is 2. The molecular weight excluding hydrogens is 258 g/mol. The van der Waals surface area contributed by atoms with Crippen LogP contribution in [-0.4, -0.2) is 36.7 Å². The summed E-state index contributed by atoms with van der Waals surface area (Å²) in [5, 5.41) is 0. The lowest BCUT2D eigenvalue weighted by Gasteiger charge is -2.35. The molecule has 0 aromatic carbocycles. The Morgan fingerprint density at radius 1 is 0.810 bits per heavy atom. The Bertz CT molecular complexity index is 232. The fourth-order valence-electron chi connectivity index (χ4n) is 3.42. The van der Waals surface area contributed by atoms with Crippen molar-refractivity contribution in [2.45, 2.75) is 97.7 Å². The van der Waals surface area contributed by atoms with E-state index in [4.69, 9.17) is 4.74 Å². The van der Waals surface area contributed by atoms with Gasteiger partial charge in [-0.05, 0) is 32.7 Å². The number of unbranched alkanes of at least 4 members (excludes halogenated alkanes) is 7. The molecule has 2 unspecified atom stereocenters. The van der Waals surface area contributed by atoms with Crippen LogP contribution in [0.3, 0.4) is 0 Å². The van der Waals surface area contributed by atoms with E-state index in [0.717, 1.165) is 19.0 Å². The first-order valence-corrected chi connectivity index (χ1v) is 9.45. The molecule has 0 spiro atoms. The maximum absolute atomic E-state index is 5.78. The number of rotatable bonds is 11. The van der Waals surface area contributed by atoms with Gasteiger partial charge in [-0.1, -0.05) is 65.2 Å². The smallest absolute Gasteiger partial charge is 0.0678 e. The lowest BCUT2D eigenvalue weighted by molar-refractivity contribution is -0.0681. The summed E-state index contributed by atoms with van der Waals surface area (Å²) in [7, 11) is 0. The molecule has 0 saturated carbocycles. The van der Waals surface area contributed by atoms with Crippen molar-refractivity contribution in [3.05, 3.63) is 0 Å². The van der Waals surface area contributed by atoms with Crippen molar-refractivity contribution in [1.29, 1.82) is 0 Å². The van der Waals surface area contributed by atoms with Gasteiger partial charge in [0.15, 0.2) is 0 Å². The van der Waals surface area contributed by atoms with Crippen molar-refractivity contribution in [2.24, 2.45) is 5.92 Å². The molecule has 0 aromatic rings. The van der Waals surface area contributed by atoms with Crippen LogP contribution in [0.4, 0.5) is 0 Å². The summed E-state index contributed by atoms with van der Waals surface area (Å²) in [6.45, 7) is 12.6. The maximum Gasteiger partial charge on any atom is 0.0678 e. The zero-order valence-corrected chi connectivity index (χ0v) is 15.1. The standard InChI is InChI=1S/C19H39NO/c1-17(2)13-11-9-7-5-6-8-10-12-14-20-15-18(3)21-19(4)16-20/h17-19H,5-16H2,1-4H3. The van der Waals surface area contributed by atoms with Crippen LogP contribution < -0.4 is 0 Å². The lowest BCUT2D eigenvalue weighted by atomic mass is 10.0. The Kier molecular flexibility index (Phi) is 10.4. The van der Waals surface area contributed by atoms with E-state index in [1.807, 2.05) is 0 Å². The molecule has 21 heavy (non-hydrogen) atoms. The van der Waals surface area contributed by atoms with Crippen molar-refractivity contribution < 1.29 is 4.74 Å². The topological polar surface area (TPSA) is 12.5 Å². The molecule has 126 valence electrons. The number of hydrogen-bond donors (Lipinski definition) is 0. The molecule has 1 heterocycles. The lowest BCUT2D eigenvalue weighted by Crippen LogP contribution is -2.45. The quantitative estimate of drug-likeness (QED) is 0.482. The summed E-state index contributed by atoms with van der Waals surface area (Å²) < 4.78 is 5.78. The zero-order valence-electron chi connectivity index (χ0n) is 15.1. The summed E-state index contributed by atoms with van der Waals surface area (Å²) in [5.41, 5.74) is 0. The number of ether oxygens (including phenoxy) is 1. The highest BCUT2D eigenvalue weighted by molar-refractivity contribution is 4.72. The third kappa shape index (κ3) is 10.3. The Balaban J connectivity index is 1.84. The summed E-state index contributed by atoms with van der Waals surface area (Å²) in [5.74, 6) is 0.885. The van der Waals surface area contributed by atoms with Crippen LogP contribution in [0, 0.1) is 5.92 Å². The molecule has 2 nitrogen and oxygen atoms in total. The van der Waals surface area contributed by atoms with Gasteiger partial charge in [0.1, 0.15) is 0 Å². The highest BCUT2D eigenvalue weighted by Crippen LogP contribution is 2.14. The van der Waals surface area contributed by atoms with Gasteiger partial charge in [-0.2, -0.15) is 0 Å². The van der Waals surface area contributed by atoms with Gasteiger partial charge >= 0.3 is 0 Å². The molecule has 1 fully saturated rings. The van der Waals surface area contributed by atoms with Crippen molar-refractivity contribution in [3.63, 3.8) is 0 Å². The first-order chi connectivity index (χ1) is 10.1. The average molecular weight is 298 g/mol. The van der Waals surface area contributed by atoms with Crippen LogP contribution >= 0.6 is 0 Å². The molecule has 0 aromatic heterocycles. The predicted molar refractivity (Wildman–Crippen MR) is 92.8 cm³/mol. The maximum atomic E-state index is 5.78. The highest BCUT2D eigenvalue weighted by Gasteiger charge is 2.21. The van der Waals surface area contributed by atoms with E-state index in [0.29, 0.717) is 12.2 Å². The van der Waals surface area contributed by atoms with E-state index in [2.05, 4.69) is 32.6 Å². The van der Waals surface area contributed by atoms with E-state index in [1.54, 1.807) is 0 Å². The molecule has 0 N–H and O–H groups in total. The Hall–Kier alpha value is -0.0800. The minimum Gasteiger partial charge on any atom is -0.373 e. The number of nitrogens with zero attached hydrogens (tertiary/aromatic N) is 1. The summed E-state index contributed by atoms with van der Waals surface area (Å²) in [6, 6.07) is 0. The van der Waals surface area contributed by atoms with Gasteiger partial charge in [0, 0.05) is 13.1 Å². The van der Waals surface area contributed by atoms with Gasteiger partial charge in [-0.15, -0.1) is 0 Å². The van der Waals surface area contributed by atoms with Crippen LogP contribution in [0.25, 0.3) is 0 Å². The molecule has 0 bridgehead atoms. The zero-order chi connectivity index (χ0) is 15.5. The molecule has 1 saturated heterocycles. The van der Waals surface area contributed by atoms with Gasteiger partial charge < -0.3 is 4.74 Å². The van der Waals surface area contributed by atoms with Gasteiger partial charge in [0.25, 0.3) is 0 Å². The fraction of sp³-hybridized carbons (Fsp3) is 1.00. The first-order valence-electron chi connectivity index (χ1n) is 9.45. The van der Waals surface area contributed by atoms with E-state index >= 15 is 0 Å². The van der Waals surface area contributed by atoms with Crippen LogP contribution in [0.1, 0.15) is 85.5 Å². The van der Waals surface area contributed by atoms with E-state index in [9.17, 15) is 0 Å². The van der Waals surface area contributed by atoms with Gasteiger partial charge in [0.2, 0.25) is 0 Å². The molecule has 1 rings (SSSR count). The second kappa shape index (κ2) is 11.5. The monoisotopic (exact) mass is 297 g/mol. The minimum atomic E-state index is 0.416. The Labute approximate surface area is 133 Å². The second-order valence-electron chi connectivity index (χ2n) is 7.53. The molecular formula is C19H39NO. The number of morpholine rings is 1. The van der Waals surface area contributed by atoms with Crippen LogP contribution in [0.2, 0.25) is 0 Å². The van der Waals surface area contributed by atoms with Gasteiger partial charge in [0.05, 0.1) is 12.2 Å². The Morgan fingerprint density at radius 3 is 1.81 bits per heavy atom. The normalized spacial score (nSPS) is 23.9. The van der Waals surface area contributed by atoms with Crippen molar-refractivity contribution in [1.82, 2.24) is 4.90 Å². The molecule has 2 atom stereocenters. The summed E-state index contributed by atoms with van der Waals surface area (Å²) in [6.07, 6.45) is 13.7. The summed E-state index contributed by atoms with van der Waals surface area (Å²) in [4.78, 5) is 2.59. The predicted octanol–water partition coefficient (Wildman–Crippen LogP) is 5.26. The highest BCUT2D eigenvalue weighted by atomic mass is 16.5. The second-order valence-corrected chi connectivity index (χ2v) is 7.53. The third-order valence-corrected chi connectivity index (χ3v) is 4.50. The summed E-state index contributed by atoms with van der Waals surface area (Å²) >= 11 is 0. The van der Waals surface area contributed by atoms with Gasteiger partial charge in [-0.3, -0.25) is 4.90 Å². The largest absolute Gasteiger partial charge is 0.373 e. The molecule has 0 amide bonds. The van der Waals surface area contributed by atoms with E-state index in [1.165, 1.54) is 64.3 Å². The minimum absolute atomic E-state index is 0.416. The van der Waals surface area contributed by atoms with Crippen molar-refractivity contribution >= 4 is 0 Å². The van der Waals surface area contributed by atoms with Crippen LogP contribution in [0.5, 0.6) is 0 Å². The fourth-order valence-corrected chi connectivity index (χ4v) is 3.42. The SMILES string of the molecule is CC(C)CCCCCCCCCCN1CC(C)OC(C)C1. The molecule has 1 aliphatic heterocycles. The first kappa shape index (κ1) is 19.0. The average Bonchev–Trinajstić information content (AvgIpc) is 2.39. The van der Waals surface area contributed by atoms with Gasteiger partial charge in [-0.25, -0.2) is 0 Å².